The maximum absolute atomic E-state index is 14.1. The van der Waals surface area contributed by atoms with Crippen molar-refractivity contribution in [1.29, 1.82) is 0 Å². The third-order valence-electron chi connectivity index (χ3n) is 4.85. The highest BCUT2D eigenvalue weighted by atomic mass is 32.1. The third-order valence-corrected chi connectivity index (χ3v) is 5.87. The zero-order valence-electron chi connectivity index (χ0n) is 17.1. The molecule has 0 N–H and O–H groups in total. The Morgan fingerprint density at radius 2 is 1.83 bits per heavy atom. The van der Waals surface area contributed by atoms with E-state index in [0.717, 1.165) is 41.5 Å². The average molecular weight is 418 g/mol. The van der Waals surface area contributed by atoms with Gasteiger partial charge in [0.15, 0.2) is 10.9 Å². The van der Waals surface area contributed by atoms with Crippen LogP contribution in [0.2, 0.25) is 0 Å². The number of aromatic nitrogens is 1. The Morgan fingerprint density at radius 1 is 1.07 bits per heavy atom. The fourth-order valence-electron chi connectivity index (χ4n) is 3.12. The van der Waals surface area contributed by atoms with Crippen molar-refractivity contribution in [3.8, 4) is 0 Å². The Kier molecular flexibility index (Phi) is 6.59. The summed E-state index contributed by atoms with van der Waals surface area (Å²) in [5.74, 6) is -1.46. The molecule has 0 unspecified atom stereocenters. The van der Waals surface area contributed by atoms with E-state index in [0.29, 0.717) is 16.4 Å². The molecule has 0 atom stereocenters. The SMILES string of the molecule is Cc1ccc(CC(=O)N(CCCN(C)C)c2nc3c(F)cc(F)cc3s2)cc1C. The predicted molar refractivity (Wildman–Crippen MR) is 115 cm³/mol. The molecular formula is C22H25F2N3OS. The summed E-state index contributed by atoms with van der Waals surface area (Å²) in [4.78, 5) is 21.1. The fraction of sp³-hybridized carbons (Fsp3) is 0.364. The molecule has 0 aliphatic rings. The van der Waals surface area contributed by atoms with Gasteiger partial charge in [0.1, 0.15) is 11.3 Å². The van der Waals surface area contributed by atoms with E-state index in [9.17, 15) is 13.6 Å². The van der Waals surface area contributed by atoms with Crippen molar-refractivity contribution in [3.63, 3.8) is 0 Å². The first-order chi connectivity index (χ1) is 13.7. The number of fused-ring (bicyclic) bond motifs is 1. The second-order valence-electron chi connectivity index (χ2n) is 7.53. The molecule has 1 heterocycles. The number of thiazole rings is 1. The average Bonchev–Trinajstić information content (AvgIpc) is 3.05. The summed E-state index contributed by atoms with van der Waals surface area (Å²) >= 11 is 1.14. The summed E-state index contributed by atoms with van der Waals surface area (Å²) in [6.45, 7) is 5.32. The van der Waals surface area contributed by atoms with Gasteiger partial charge in [0.25, 0.3) is 0 Å². The summed E-state index contributed by atoms with van der Waals surface area (Å²) in [5, 5.41) is 0.400. The number of anilines is 1. The topological polar surface area (TPSA) is 36.4 Å². The van der Waals surface area contributed by atoms with E-state index in [4.69, 9.17) is 0 Å². The van der Waals surface area contributed by atoms with Crippen LogP contribution in [0.3, 0.4) is 0 Å². The van der Waals surface area contributed by atoms with E-state index in [1.165, 1.54) is 11.6 Å². The Hall–Kier alpha value is -2.38. The van der Waals surface area contributed by atoms with Crippen LogP contribution in [-0.2, 0) is 11.2 Å². The molecule has 4 nitrogen and oxygen atoms in total. The maximum Gasteiger partial charge on any atom is 0.233 e. The fourth-order valence-corrected chi connectivity index (χ4v) is 4.16. The lowest BCUT2D eigenvalue weighted by molar-refractivity contribution is -0.118. The van der Waals surface area contributed by atoms with Crippen LogP contribution in [0, 0.1) is 25.5 Å². The van der Waals surface area contributed by atoms with Gasteiger partial charge in [-0.2, -0.15) is 0 Å². The molecule has 7 heteroatoms. The molecule has 29 heavy (non-hydrogen) atoms. The molecule has 2 aromatic carbocycles. The third kappa shape index (κ3) is 5.16. The Labute approximate surface area is 173 Å². The van der Waals surface area contributed by atoms with Gasteiger partial charge in [-0.1, -0.05) is 29.5 Å². The molecule has 0 saturated heterocycles. The number of amides is 1. The number of aryl methyl sites for hydroxylation is 2. The molecule has 1 amide bonds. The summed E-state index contributed by atoms with van der Waals surface area (Å²) in [6.07, 6.45) is 0.980. The van der Waals surface area contributed by atoms with Crippen molar-refractivity contribution in [2.24, 2.45) is 0 Å². The maximum atomic E-state index is 14.1. The quantitative estimate of drug-likeness (QED) is 0.558. The minimum Gasteiger partial charge on any atom is -0.309 e. The molecule has 0 aliphatic heterocycles. The Morgan fingerprint density at radius 3 is 2.52 bits per heavy atom. The molecule has 0 spiro atoms. The molecule has 3 rings (SSSR count). The lowest BCUT2D eigenvalue weighted by Crippen LogP contribution is -2.34. The number of carbonyl (C=O) groups excluding carboxylic acids is 1. The zero-order valence-corrected chi connectivity index (χ0v) is 17.9. The highest BCUT2D eigenvalue weighted by molar-refractivity contribution is 7.22. The molecule has 154 valence electrons. The first kappa shape index (κ1) is 21.3. The van der Waals surface area contributed by atoms with Gasteiger partial charge in [-0.05, 0) is 63.7 Å². The molecule has 0 radical (unpaired) electrons. The normalized spacial score (nSPS) is 11.4. The van der Waals surface area contributed by atoms with Gasteiger partial charge in [0.2, 0.25) is 5.91 Å². The predicted octanol–water partition coefficient (Wildman–Crippen LogP) is 4.72. The van der Waals surface area contributed by atoms with Gasteiger partial charge in [0, 0.05) is 12.6 Å². The summed E-state index contributed by atoms with van der Waals surface area (Å²) in [6, 6.07) is 8.04. The van der Waals surface area contributed by atoms with Gasteiger partial charge in [-0.3, -0.25) is 9.69 Å². The highest BCUT2D eigenvalue weighted by Gasteiger charge is 2.21. The number of hydrogen-bond donors (Lipinski definition) is 0. The number of carbonyl (C=O) groups is 1. The molecule has 0 fully saturated rings. The Balaban J connectivity index is 1.90. The number of hydrogen-bond acceptors (Lipinski definition) is 4. The lowest BCUT2D eigenvalue weighted by Gasteiger charge is -2.21. The summed E-state index contributed by atoms with van der Waals surface area (Å²) < 4.78 is 28.1. The minimum absolute atomic E-state index is 0.1000. The van der Waals surface area contributed by atoms with Crippen molar-refractivity contribution in [2.75, 3.05) is 32.1 Å². The second-order valence-corrected chi connectivity index (χ2v) is 8.54. The van der Waals surface area contributed by atoms with Crippen LogP contribution >= 0.6 is 11.3 Å². The summed E-state index contributed by atoms with van der Waals surface area (Å²) in [5.41, 5.74) is 3.33. The van der Waals surface area contributed by atoms with E-state index in [1.54, 1.807) is 4.90 Å². The zero-order chi connectivity index (χ0) is 21.1. The van der Waals surface area contributed by atoms with E-state index in [2.05, 4.69) is 4.98 Å². The van der Waals surface area contributed by atoms with Crippen molar-refractivity contribution in [2.45, 2.75) is 26.7 Å². The van der Waals surface area contributed by atoms with E-state index in [-0.39, 0.29) is 17.8 Å². The Bertz CT molecular complexity index is 1030. The van der Waals surface area contributed by atoms with Crippen molar-refractivity contribution < 1.29 is 13.6 Å². The van der Waals surface area contributed by atoms with Crippen LogP contribution in [0.4, 0.5) is 13.9 Å². The van der Waals surface area contributed by atoms with Gasteiger partial charge >= 0.3 is 0 Å². The van der Waals surface area contributed by atoms with Gasteiger partial charge in [-0.25, -0.2) is 13.8 Å². The monoisotopic (exact) mass is 417 g/mol. The standard InChI is InChI=1S/C22H25F2N3OS/c1-14-6-7-16(10-15(14)2)11-20(28)27(9-5-8-26(3)4)22-25-21-18(24)12-17(23)13-19(21)29-22/h6-7,10,12-13H,5,8-9,11H2,1-4H3. The number of halogens is 2. The highest BCUT2D eigenvalue weighted by Crippen LogP contribution is 2.31. The van der Waals surface area contributed by atoms with Crippen LogP contribution in [0.5, 0.6) is 0 Å². The first-order valence-corrected chi connectivity index (χ1v) is 10.3. The van der Waals surface area contributed by atoms with Crippen LogP contribution < -0.4 is 4.90 Å². The molecule has 0 aliphatic carbocycles. The van der Waals surface area contributed by atoms with Crippen molar-refractivity contribution in [1.82, 2.24) is 9.88 Å². The van der Waals surface area contributed by atoms with Crippen LogP contribution in [0.25, 0.3) is 10.2 Å². The molecule has 3 aromatic rings. The van der Waals surface area contributed by atoms with Gasteiger partial charge < -0.3 is 4.90 Å². The van der Waals surface area contributed by atoms with Gasteiger partial charge in [0.05, 0.1) is 11.1 Å². The summed E-state index contributed by atoms with van der Waals surface area (Å²) in [7, 11) is 3.94. The molecule has 0 saturated carbocycles. The van der Waals surface area contributed by atoms with Crippen LogP contribution in [0.1, 0.15) is 23.1 Å². The van der Waals surface area contributed by atoms with E-state index >= 15 is 0 Å². The van der Waals surface area contributed by atoms with Crippen LogP contribution in [-0.4, -0.2) is 43.0 Å². The van der Waals surface area contributed by atoms with Crippen LogP contribution in [0.15, 0.2) is 30.3 Å². The largest absolute Gasteiger partial charge is 0.309 e. The molecular weight excluding hydrogens is 392 g/mol. The first-order valence-electron chi connectivity index (χ1n) is 9.51. The number of benzene rings is 2. The molecule has 1 aromatic heterocycles. The van der Waals surface area contributed by atoms with E-state index in [1.807, 2.05) is 51.0 Å². The van der Waals surface area contributed by atoms with E-state index < -0.39 is 11.6 Å². The van der Waals surface area contributed by atoms with Gasteiger partial charge in [-0.15, -0.1) is 0 Å². The smallest absolute Gasteiger partial charge is 0.233 e. The number of nitrogens with zero attached hydrogens (tertiary/aromatic N) is 3. The van der Waals surface area contributed by atoms with Crippen molar-refractivity contribution >= 4 is 32.6 Å². The molecule has 0 bridgehead atoms. The van der Waals surface area contributed by atoms with Crippen molar-refractivity contribution in [3.05, 3.63) is 58.7 Å². The second kappa shape index (κ2) is 8.97. The minimum atomic E-state index is -0.711. The lowest BCUT2D eigenvalue weighted by atomic mass is 10.0. The number of rotatable bonds is 7.